The Morgan fingerprint density at radius 3 is 3.00 bits per heavy atom. The first-order valence-corrected chi connectivity index (χ1v) is 7.38. The first kappa shape index (κ1) is 11.7. The van der Waals surface area contributed by atoms with Gasteiger partial charge < -0.3 is 5.43 Å². The lowest BCUT2D eigenvalue weighted by Crippen LogP contribution is -2.10. The number of aromatic nitrogens is 3. The number of aryl methyl sites for hydroxylation is 2. The second kappa shape index (κ2) is 4.50. The van der Waals surface area contributed by atoms with Crippen LogP contribution in [0.25, 0.3) is 21.6 Å². The van der Waals surface area contributed by atoms with Crippen LogP contribution in [0.5, 0.6) is 0 Å². The predicted octanol–water partition coefficient (Wildman–Crippen LogP) is 2.53. The summed E-state index contributed by atoms with van der Waals surface area (Å²) in [6.07, 6.45) is 6.96. The number of hydrogen-bond donors (Lipinski definition) is 2. The summed E-state index contributed by atoms with van der Waals surface area (Å²) < 4.78 is 0. The van der Waals surface area contributed by atoms with Crippen LogP contribution in [-0.2, 0) is 12.8 Å². The standard InChI is InChI=1S/C14H13N5S/c15-19-13-11-9-4-1-5-10(9)20-14(11)18-12(17-13)8-3-2-6-16-7-8/h2-3,6-7H,1,4-5,15H2,(H,17,18,19). The van der Waals surface area contributed by atoms with Crippen molar-refractivity contribution in [1.82, 2.24) is 15.0 Å². The number of rotatable bonds is 2. The van der Waals surface area contributed by atoms with Crippen molar-refractivity contribution in [2.45, 2.75) is 19.3 Å². The summed E-state index contributed by atoms with van der Waals surface area (Å²) in [5.74, 6) is 7.05. The SMILES string of the molecule is NNc1nc(-c2cccnc2)nc2sc3c(c12)CCC3. The second-order valence-corrected chi connectivity index (χ2v) is 5.90. The van der Waals surface area contributed by atoms with Gasteiger partial charge in [-0.3, -0.25) is 4.98 Å². The fourth-order valence-electron chi connectivity index (χ4n) is 2.72. The highest BCUT2D eigenvalue weighted by molar-refractivity contribution is 7.19. The molecule has 100 valence electrons. The van der Waals surface area contributed by atoms with Gasteiger partial charge in [0, 0.05) is 22.8 Å². The minimum Gasteiger partial charge on any atom is -0.308 e. The fourth-order valence-corrected chi connectivity index (χ4v) is 3.99. The molecule has 0 radical (unpaired) electrons. The van der Waals surface area contributed by atoms with Crippen molar-refractivity contribution in [3.63, 3.8) is 0 Å². The summed E-state index contributed by atoms with van der Waals surface area (Å²) in [7, 11) is 0. The van der Waals surface area contributed by atoms with Gasteiger partial charge in [-0.05, 0) is 37.0 Å². The van der Waals surface area contributed by atoms with Gasteiger partial charge in [0.15, 0.2) is 11.6 Å². The summed E-state index contributed by atoms with van der Waals surface area (Å²) in [6.45, 7) is 0. The van der Waals surface area contributed by atoms with Gasteiger partial charge in [-0.1, -0.05) is 0 Å². The lowest BCUT2D eigenvalue weighted by Gasteiger charge is -2.06. The molecule has 6 heteroatoms. The molecular weight excluding hydrogens is 270 g/mol. The molecule has 0 saturated carbocycles. The van der Waals surface area contributed by atoms with Crippen LogP contribution in [0.3, 0.4) is 0 Å². The largest absolute Gasteiger partial charge is 0.308 e. The lowest BCUT2D eigenvalue weighted by atomic mass is 10.2. The van der Waals surface area contributed by atoms with Crippen LogP contribution in [0.2, 0.25) is 0 Å². The highest BCUT2D eigenvalue weighted by Crippen LogP contribution is 2.40. The molecule has 0 saturated heterocycles. The minimum atomic E-state index is 0.665. The third-order valence-electron chi connectivity index (χ3n) is 3.62. The third kappa shape index (κ3) is 1.69. The van der Waals surface area contributed by atoms with Gasteiger partial charge in [0.2, 0.25) is 0 Å². The first-order valence-electron chi connectivity index (χ1n) is 6.56. The summed E-state index contributed by atoms with van der Waals surface area (Å²) in [4.78, 5) is 15.8. The van der Waals surface area contributed by atoms with Crippen molar-refractivity contribution >= 4 is 27.4 Å². The van der Waals surface area contributed by atoms with Gasteiger partial charge >= 0.3 is 0 Å². The normalized spacial score (nSPS) is 13.7. The highest BCUT2D eigenvalue weighted by atomic mass is 32.1. The summed E-state index contributed by atoms with van der Waals surface area (Å²) >= 11 is 1.76. The number of nitrogens with zero attached hydrogens (tertiary/aromatic N) is 3. The van der Waals surface area contributed by atoms with Crippen LogP contribution >= 0.6 is 11.3 Å². The van der Waals surface area contributed by atoms with Gasteiger partial charge in [0.05, 0.1) is 5.39 Å². The van der Waals surface area contributed by atoms with E-state index in [1.54, 1.807) is 23.7 Å². The Morgan fingerprint density at radius 2 is 2.20 bits per heavy atom. The molecule has 3 aromatic rings. The van der Waals surface area contributed by atoms with E-state index in [1.165, 1.54) is 16.9 Å². The first-order chi connectivity index (χ1) is 9.86. The maximum atomic E-state index is 5.66. The molecular formula is C14H13N5S. The molecule has 3 heterocycles. The van der Waals surface area contributed by atoms with Crippen LogP contribution in [0.1, 0.15) is 16.9 Å². The van der Waals surface area contributed by atoms with Crippen molar-refractivity contribution in [3.05, 3.63) is 35.0 Å². The molecule has 1 aliphatic rings. The van der Waals surface area contributed by atoms with E-state index < -0.39 is 0 Å². The zero-order chi connectivity index (χ0) is 13.5. The second-order valence-electron chi connectivity index (χ2n) is 4.82. The van der Waals surface area contributed by atoms with Crippen LogP contribution in [0.15, 0.2) is 24.5 Å². The number of fused-ring (bicyclic) bond motifs is 3. The van der Waals surface area contributed by atoms with Crippen LogP contribution in [0, 0.1) is 0 Å². The molecule has 0 spiro atoms. The van der Waals surface area contributed by atoms with Crippen molar-refractivity contribution < 1.29 is 0 Å². The summed E-state index contributed by atoms with van der Waals surface area (Å²) in [5, 5.41) is 1.10. The molecule has 20 heavy (non-hydrogen) atoms. The van der Waals surface area contributed by atoms with Gasteiger partial charge in [0.1, 0.15) is 4.83 Å². The zero-order valence-corrected chi connectivity index (χ0v) is 11.6. The minimum absolute atomic E-state index is 0.665. The van der Waals surface area contributed by atoms with E-state index in [9.17, 15) is 0 Å². The number of nitrogens with one attached hydrogen (secondary N) is 1. The summed E-state index contributed by atoms with van der Waals surface area (Å²) in [6, 6.07) is 3.84. The molecule has 0 fully saturated rings. The number of anilines is 1. The molecule has 4 rings (SSSR count). The van der Waals surface area contributed by atoms with E-state index in [2.05, 4.69) is 20.4 Å². The van der Waals surface area contributed by atoms with Crippen molar-refractivity contribution in [3.8, 4) is 11.4 Å². The number of pyridine rings is 1. The molecule has 0 aliphatic heterocycles. The molecule has 1 aliphatic carbocycles. The Morgan fingerprint density at radius 1 is 1.25 bits per heavy atom. The molecule has 0 bridgehead atoms. The molecule has 0 aromatic carbocycles. The van der Waals surface area contributed by atoms with E-state index in [0.29, 0.717) is 11.6 Å². The van der Waals surface area contributed by atoms with E-state index in [-0.39, 0.29) is 0 Å². The van der Waals surface area contributed by atoms with E-state index >= 15 is 0 Å². The Hall–Kier alpha value is -2.05. The molecule has 3 aromatic heterocycles. The molecule has 3 N–H and O–H groups in total. The van der Waals surface area contributed by atoms with Crippen molar-refractivity contribution in [2.75, 3.05) is 5.43 Å². The molecule has 0 amide bonds. The van der Waals surface area contributed by atoms with E-state index in [0.717, 1.165) is 28.6 Å². The van der Waals surface area contributed by atoms with Crippen LogP contribution in [-0.4, -0.2) is 15.0 Å². The topological polar surface area (TPSA) is 76.7 Å². The average molecular weight is 283 g/mol. The van der Waals surface area contributed by atoms with Crippen molar-refractivity contribution in [1.29, 1.82) is 0 Å². The third-order valence-corrected chi connectivity index (χ3v) is 4.81. The fraction of sp³-hybridized carbons (Fsp3) is 0.214. The Balaban J connectivity index is 1.98. The van der Waals surface area contributed by atoms with Gasteiger partial charge in [-0.25, -0.2) is 15.8 Å². The van der Waals surface area contributed by atoms with Crippen LogP contribution in [0.4, 0.5) is 5.82 Å². The number of nitrogen functional groups attached to an aromatic ring is 1. The van der Waals surface area contributed by atoms with Crippen molar-refractivity contribution in [2.24, 2.45) is 5.84 Å². The quantitative estimate of drug-likeness (QED) is 0.558. The van der Waals surface area contributed by atoms with Gasteiger partial charge in [-0.2, -0.15) is 0 Å². The predicted molar refractivity (Wildman–Crippen MR) is 80.5 cm³/mol. The Bertz CT molecular complexity index is 781. The molecule has 0 unspecified atom stereocenters. The average Bonchev–Trinajstić information content (AvgIpc) is 3.07. The molecule has 5 nitrogen and oxygen atoms in total. The maximum absolute atomic E-state index is 5.66. The summed E-state index contributed by atoms with van der Waals surface area (Å²) in [5.41, 5.74) is 5.00. The maximum Gasteiger partial charge on any atom is 0.164 e. The van der Waals surface area contributed by atoms with Gasteiger partial charge in [0.25, 0.3) is 0 Å². The zero-order valence-electron chi connectivity index (χ0n) is 10.8. The number of hydrogen-bond acceptors (Lipinski definition) is 6. The number of nitrogens with two attached hydrogens (primary N) is 1. The molecule has 0 atom stereocenters. The van der Waals surface area contributed by atoms with E-state index in [1.807, 2.05) is 12.1 Å². The van der Waals surface area contributed by atoms with E-state index in [4.69, 9.17) is 5.84 Å². The van der Waals surface area contributed by atoms with Gasteiger partial charge in [-0.15, -0.1) is 11.3 Å². The highest BCUT2D eigenvalue weighted by Gasteiger charge is 2.22. The number of thiophene rings is 1. The number of hydrazine groups is 1. The smallest absolute Gasteiger partial charge is 0.164 e. The monoisotopic (exact) mass is 283 g/mol. The Kier molecular flexibility index (Phi) is 2.64. The lowest BCUT2D eigenvalue weighted by molar-refractivity contribution is 0.917. The van der Waals surface area contributed by atoms with Crippen LogP contribution < -0.4 is 11.3 Å². The Labute approximate surface area is 119 Å².